The van der Waals surface area contributed by atoms with Crippen molar-refractivity contribution in [3.63, 3.8) is 0 Å². The highest BCUT2D eigenvalue weighted by molar-refractivity contribution is 5.94. The lowest BCUT2D eigenvalue weighted by Crippen LogP contribution is -2.46. The van der Waals surface area contributed by atoms with Crippen molar-refractivity contribution in [2.24, 2.45) is 5.92 Å². The number of rotatable bonds is 5. The minimum absolute atomic E-state index is 0.170. The molecule has 126 valence electrons. The van der Waals surface area contributed by atoms with E-state index >= 15 is 0 Å². The number of esters is 1. The Hall–Kier alpha value is -2.04. The molecule has 1 N–H and O–H groups in total. The van der Waals surface area contributed by atoms with Gasteiger partial charge in [0.1, 0.15) is 11.3 Å². The Morgan fingerprint density at radius 1 is 1.22 bits per heavy atom. The van der Waals surface area contributed by atoms with Crippen molar-refractivity contribution in [1.29, 1.82) is 0 Å². The molecule has 2 rings (SSSR count). The van der Waals surface area contributed by atoms with E-state index in [-0.39, 0.29) is 11.9 Å². The standard InChI is InChI=1S/C18H25NO4/c1-12-8-4-6-10-15(12)19-17(20)13(2)23-18(21)14-9-5-7-11-16(14)22-3/h5,7,9,11-13,15H,4,6,8,10H2,1-3H3,(H,19,20). The van der Waals surface area contributed by atoms with Crippen molar-refractivity contribution in [3.8, 4) is 5.75 Å². The molecule has 1 aromatic carbocycles. The second-order valence-electron chi connectivity index (χ2n) is 6.12. The topological polar surface area (TPSA) is 64.6 Å². The zero-order valence-corrected chi connectivity index (χ0v) is 14.0. The summed E-state index contributed by atoms with van der Waals surface area (Å²) in [7, 11) is 1.49. The molecular weight excluding hydrogens is 294 g/mol. The normalized spacial score (nSPS) is 22.0. The van der Waals surface area contributed by atoms with Gasteiger partial charge in [-0.25, -0.2) is 4.79 Å². The second kappa shape index (κ2) is 7.99. The first-order valence-electron chi connectivity index (χ1n) is 8.17. The number of hydrogen-bond donors (Lipinski definition) is 1. The number of benzene rings is 1. The van der Waals surface area contributed by atoms with Crippen LogP contribution in [0.1, 0.15) is 49.9 Å². The Bertz CT molecular complexity index is 558. The average molecular weight is 319 g/mol. The molecule has 0 saturated heterocycles. The molecule has 1 amide bonds. The first kappa shape index (κ1) is 17.3. The van der Waals surface area contributed by atoms with Crippen LogP contribution in [0.15, 0.2) is 24.3 Å². The summed E-state index contributed by atoms with van der Waals surface area (Å²) >= 11 is 0. The van der Waals surface area contributed by atoms with Gasteiger partial charge in [-0.05, 0) is 37.8 Å². The van der Waals surface area contributed by atoms with Crippen LogP contribution in [0.2, 0.25) is 0 Å². The highest BCUT2D eigenvalue weighted by atomic mass is 16.5. The van der Waals surface area contributed by atoms with Crippen LogP contribution in [0.5, 0.6) is 5.75 Å². The highest BCUT2D eigenvalue weighted by Gasteiger charge is 2.27. The molecule has 5 nitrogen and oxygen atoms in total. The van der Waals surface area contributed by atoms with E-state index in [2.05, 4.69) is 12.2 Å². The summed E-state index contributed by atoms with van der Waals surface area (Å²) in [4.78, 5) is 24.5. The number of ether oxygens (including phenoxy) is 2. The van der Waals surface area contributed by atoms with E-state index in [4.69, 9.17) is 9.47 Å². The number of carbonyl (C=O) groups excluding carboxylic acids is 2. The van der Waals surface area contributed by atoms with Gasteiger partial charge in [0, 0.05) is 6.04 Å². The van der Waals surface area contributed by atoms with Crippen molar-refractivity contribution >= 4 is 11.9 Å². The predicted molar refractivity (Wildman–Crippen MR) is 87.4 cm³/mol. The van der Waals surface area contributed by atoms with E-state index in [1.165, 1.54) is 13.5 Å². The molecule has 0 spiro atoms. The minimum Gasteiger partial charge on any atom is -0.496 e. The maximum atomic E-state index is 12.3. The number of para-hydroxylation sites is 1. The first-order valence-corrected chi connectivity index (χ1v) is 8.17. The molecule has 1 saturated carbocycles. The molecule has 1 aliphatic rings. The minimum atomic E-state index is -0.832. The first-order chi connectivity index (χ1) is 11.0. The van der Waals surface area contributed by atoms with Gasteiger partial charge in [-0.15, -0.1) is 0 Å². The van der Waals surface area contributed by atoms with Crippen LogP contribution in [-0.4, -0.2) is 31.1 Å². The third-order valence-corrected chi connectivity index (χ3v) is 4.42. The van der Waals surface area contributed by atoms with Gasteiger partial charge in [-0.3, -0.25) is 4.79 Å². The smallest absolute Gasteiger partial charge is 0.342 e. The Kier molecular flexibility index (Phi) is 6.02. The van der Waals surface area contributed by atoms with Gasteiger partial charge in [0.05, 0.1) is 7.11 Å². The van der Waals surface area contributed by atoms with Crippen molar-refractivity contribution in [2.45, 2.75) is 51.7 Å². The Balaban J connectivity index is 1.93. The van der Waals surface area contributed by atoms with Crippen molar-refractivity contribution < 1.29 is 19.1 Å². The molecule has 5 heteroatoms. The predicted octanol–water partition coefficient (Wildman–Crippen LogP) is 2.94. The molecule has 1 fully saturated rings. The Morgan fingerprint density at radius 2 is 1.91 bits per heavy atom. The van der Waals surface area contributed by atoms with Crippen molar-refractivity contribution in [2.75, 3.05) is 7.11 Å². The van der Waals surface area contributed by atoms with E-state index in [1.807, 2.05) is 0 Å². The molecule has 23 heavy (non-hydrogen) atoms. The van der Waals surface area contributed by atoms with Gasteiger partial charge in [-0.1, -0.05) is 31.9 Å². The molecule has 3 atom stereocenters. The molecular formula is C18H25NO4. The maximum absolute atomic E-state index is 12.3. The molecule has 0 aromatic heterocycles. The maximum Gasteiger partial charge on any atom is 0.342 e. The Labute approximate surface area is 137 Å². The fourth-order valence-corrected chi connectivity index (χ4v) is 2.92. The van der Waals surface area contributed by atoms with Crippen LogP contribution in [0, 0.1) is 5.92 Å². The Morgan fingerprint density at radius 3 is 2.61 bits per heavy atom. The number of nitrogens with one attached hydrogen (secondary N) is 1. The van der Waals surface area contributed by atoms with E-state index < -0.39 is 12.1 Å². The average Bonchev–Trinajstić information content (AvgIpc) is 2.56. The number of methoxy groups -OCH3 is 1. The molecule has 0 aliphatic heterocycles. The third kappa shape index (κ3) is 4.47. The van der Waals surface area contributed by atoms with E-state index in [9.17, 15) is 9.59 Å². The van der Waals surface area contributed by atoms with E-state index in [1.54, 1.807) is 31.2 Å². The summed E-state index contributed by atoms with van der Waals surface area (Å²) in [5.41, 5.74) is 0.320. The van der Waals surface area contributed by atoms with Crippen LogP contribution >= 0.6 is 0 Å². The molecule has 1 aromatic rings. The summed E-state index contributed by atoms with van der Waals surface area (Å²) < 4.78 is 10.4. The molecule has 0 bridgehead atoms. The zero-order chi connectivity index (χ0) is 16.8. The van der Waals surface area contributed by atoms with Gasteiger partial charge in [0.2, 0.25) is 0 Å². The zero-order valence-electron chi connectivity index (χ0n) is 14.0. The summed E-state index contributed by atoms with van der Waals surface area (Å²) in [6.07, 6.45) is 3.62. The van der Waals surface area contributed by atoms with E-state index in [0.717, 1.165) is 19.3 Å². The lowest BCUT2D eigenvalue weighted by molar-refractivity contribution is -0.130. The van der Waals surface area contributed by atoms with Gasteiger partial charge < -0.3 is 14.8 Å². The van der Waals surface area contributed by atoms with Crippen LogP contribution in [-0.2, 0) is 9.53 Å². The van der Waals surface area contributed by atoms with Crippen LogP contribution < -0.4 is 10.1 Å². The lowest BCUT2D eigenvalue weighted by Gasteiger charge is -2.30. The van der Waals surface area contributed by atoms with E-state index in [0.29, 0.717) is 17.2 Å². The SMILES string of the molecule is COc1ccccc1C(=O)OC(C)C(=O)NC1CCCCC1C. The molecule has 3 unspecified atom stereocenters. The fourth-order valence-electron chi connectivity index (χ4n) is 2.92. The number of carbonyl (C=O) groups is 2. The van der Waals surface area contributed by atoms with Crippen LogP contribution in [0.4, 0.5) is 0 Å². The highest BCUT2D eigenvalue weighted by Crippen LogP contribution is 2.24. The van der Waals surface area contributed by atoms with Crippen molar-refractivity contribution in [1.82, 2.24) is 5.32 Å². The van der Waals surface area contributed by atoms with Crippen molar-refractivity contribution in [3.05, 3.63) is 29.8 Å². The third-order valence-electron chi connectivity index (χ3n) is 4.42. The largest absolute Gasteiger partial charge is 0.496 e. The fraction of sp³-hybridized carbons (Fsp3) is 0.556. The van der Waals surface area contributed by atoms with Gasteiger partial charge >= 0.3 is 5.97 Å². The second-order valence-corrected chi connectivity index (χ2v) is 6.12. The molecule has 1 aliphatic carbocycles. The molecule has 0 heterocycles. The quantitative estimate of drug-likeness (QED) is 0.848. The summed E-state index contributed by atoms with van der Waals surface area (Å²) in [5, 5.41) is 3.01. The summed E-state index contributed by atoms with van der Waals surface area (Å²) in [6.45, 7) is 3.74. The van der Waals surface area contributed by atoms with Gasteiger partial charge in [0.15, 0.2) is 6.10 Å². The van der Waals surface area contributed by atoms with Crippen LogP contribution in [0.25, 0.3) is 0 Å². The summed E-state index contributed by atoms with van der Waals surface area (Å²) in [5.74, 6) is 0.102. The summed E-state index contributed by atoms with van der Waals surface area (Å²) in [6, 6.07) is 6.98. The monoisotopic (exact) mass is 319 g/mol. The van der Waals surface area contributed by atoms with Crippen LogP contribution in [0.3, 0.4) is 0 Å². The number of amides is 1. The lowest BCUT2D eigenvalue weighted by atomic mass is 9.86. The van der Waals surface area contributed by atoms with Gasteiger partial charge in [0.25, 0.3) is 5.91 Å². The van der Waals surface area contributed by atoms with Gasteiger partial charge in [-0.2, -0.15) is 0 Å². The molecule has 0 radical (unpaired) electrons. The number of hydrogen-bond acceptors (Lipinski definition) is 4.